The van der Waals surface area contributed by atoms with E-state index in [4.69, 9.17) is 4.74 Å². The maximum absolute atomic E-state index is 14.1. The Morgan fingerprint density at radius 2 is 1.47 bits per heavy atom. The molecule has 5 heteroatoms. The zero-order chi connectivity index (χ0) is 21.1. The maximum atomic E-state index is 14.1. The van der Waals surface area contributed by atoms with Crippen LogP contribution in [0.3, 0.4) is 0 Å². The van der Waals surface area contributed by atoms with E-state index in [0.717, 1.165) is 21.5 Å². The van der Waals surface area contributed by atoms with E-state index < -0.39 is 23.7 Å². The minimum absolute atomic E-state index is 0.00617. The third-order valence-electron chi connectivity index (χ3n) is 5.17. The Morgan fingerprint density at radius 3 is 2.07 bits per heavy atom. The number of carbonyl (C=O) groups is 2. The van der Waals surface area contributed by atoms with E-state index in [1.54, 1.807) is 18.2 Å². The van der Waals surface area contributed by atoms with Crippen LogP contribution in [0.2, 0.25) is 0 Å². The number of benzene rings is 4. The van der Waals surface area contributed by atoms with Crippen molar-refractivity contribution >= 4 is 33.4 Å². The Hall–Kier alpha value is -3.73. The number of ether oxygens (including phenoxy) is 1. The van der Waals surface area contributed by atoms with Gasteiger partial charge in [0, 0.05) is 6.42 Å². The minimum atomic E-state index is -1.02. The first-order valence-electron chi connectivity index (χ1n) is 9.61. The topological polar surface area (TPSA) is 55.4 Å². The number of esters is 1. The highest BCUT2D eigenvalue weighted by atomic mass is 19.1. The van der Waals surface area contributed by atoms with Gasteiger partial charge in [-0.15, -0.1) is 0 Å². The second-order valence-corrected chi connectivity index (χ2v) is 7.04. The van der Waals surface area contributed by atoms with Crippen LogP contribution in [0.15, 0.2) is 78.9 Å². The Labute approximate surface area is 173 Å². The average molecular weight is 401 g/mol. The Balaban J connectivity index is 1.76. The van der Waals surface area contributed by atoms with Crippen molar-refractivity contribution < 1.29 is 18.7 Å². The fraction of sp³-hybridized carbons (Fsp3) is 0.120. The molecule has 4 rings (SSSR count). The van der Waals surface area contributed by atoms with Gasteiger partial charge in [0.1, 0.15) is 11.9 Å². The first-order valence-corrected chi connectivity index (χ1v) is 9.61. The summed E-state index contributed by atoms with van der Waals surface area (Å²) in [5, 5.41) is 6.17. The predicted molar refractivity (Wildman–Crippen MR) is 115 cm³/mol. The van der Waals surface area contributed by atoms with Gasteiger partial charge < -0.3 is 10.1 Å². The number of rotatable bonds is 5. The van der Waals surface area contributed by atoms with Crippen molar-refractivity contribution in [3.05, 3.63) is 95.8 Å². The highest BCUT2D eigenvalue weighted by Crippen LogP contribution is 2.28. The second-order valence-electron chi connectivity index (χ2n) is 7.04. The summed E-state index contributed by atoms with van der Waals surface area (Å²) in [6.45, 7) is 0. The molecule has 1 atom stereocenters. The van der Waals surface area contributed by atoms with Crippen molar-refractivity contribution in [2.45, 2.75) is 12.5 Å². The molecule has 0 fully saturated rings. The van der Waals surface area contributed by atoms with Crippen molar-refractivity contribution in [1.29, 1.82) is 0 Å². The number of amides is 1. The molecule has 0 aliphatic heterocycles. The normalized spacial score (nSPS) is 11.9. The number of hydrogen-bond donors (Lipinski definition) is 1. The van der Waals surface area contributed by atoms with Crippen molar-refractivity contribution in [2.24, 2.45) is 0 Å². The van der Waals surface area contributed by atoms with Gasteiger partial charge in [0.25, 0.3) is 5.91 Å². The van der Waals surface area contributed by atoms with Crippen LogP contribution in [-0.2, 0) is 16.0 Å². The monoisotopic (exact) mass is 401 g/mol. The van der Waals surface area contributed by atoms with Gasteiger partial charge in [-0.05, 0) is 39.2 Å². The van der Waals surface area contributed by atoms with Crippen LogP contribution in [0.4, 0.5) is 4.39 Å². The summed E-state index contributed by atoms with van der Waals surface area (Å²) in [5.41, 5.74) is 0.808. The first-order chi connectivity index (χ1) is 14.6. The van der Waals surface area contributed by atoms with Gasteiger partial charge in [0.2, 0.25) is 0 Å². The molecular formula is C25H20FNO3. The Morgan fingerprint density at radius 1 is 0.900 bits per heavy atom. The molecule has 4 aromatic carbocycles. The molecule has 4 nitrogen and oxygen atoms in total. The molecule has 30 heavy (non-hydrogen) atoms. The third kappa shape index (κ3) is 3.74. The highest BCUT2D eigenvalue weighted by Gasteiger charge is 2.25. The van der Waals surface area contributed by atoms with Crippen molar-refractivity contribution in [3.63, 3.8) is 0 Å². The van der Waals surface area contributed by atoms with Gasteiger partial charge >= 0.3 is 5.97 Å². The van der Waals surface area contributed by atoms with E-state index >= 15 is 0 Å². The first kappa shape index (κ1) is 19.6. The zero-order valence-corrected chi connectivity index (χ0v) is 16.4. The lowest BCUT2D eigenvalue weighted by atomic mass is 9.95. The highest BCUT2D eigenvalue weighted by molar-refractivity contribution is 6.18. The quantitative estimate of drug-likeness (QED) is 0.391. The zero-order valence-electron chi connectivity index (χ0n) is 16.4. The van der Waals surface area contributed by atoms with E-state index in [0.29, 0.717) is 11.1 Å². The summed E-state index contributed by atoms with van der Waals surface area (Å²) in [6, 6.07) is 22.4. The molecule has 0 aromatic heterocycles. The molecule has 4 aromatic rings. The summed E-state index contributed by atoms with van der Waals surface area (Å²) in [4.78, 5) is 25.7. The number of methoxy groups -OCH3 is 1. The summed E-state index contributed by atoms with van der Waals surface area (Å²) in [7, 11) is 1.25. The van der Waals surface area contributed by atoms with Crippen LogP contribution in [0.25, 0.3) is 21.5 Å². The molecule has 0 aliphatic rings. The summed E-state index contributed by atoms with van der Waals surface area (Å²) < 4.78 is 19.0. The fourth-order valence-electron chi connectivity index (χ4n) is 3.71. The number of fused-ring (bicyclic) bond motifs is 2. The van der Waals surface area contributed by atoms with E-state index in [1.807, 2.05) is 54.6 Å². The predicted octanol–water partition coefficient (Wildman–Crippen LogP) is 4.65. The number of nitrogens with one attached hydrogen (secondary N) is 1. The van der Waals surface area contributed by atoms with Gasteiger partial charge in [0.05, 0.1) is 12.7 Å². The van der Waals surface area contributed by atoms with E-state index in [9.17, 15) is 14.0 Å². The Kier molecular flexibility index (Phi) is 5.44. The van der Waals surface area contributed by atoms with Crippen LogP contribution in [0.1, 0.15) is 15.9 Å². The Bertz CT molecular complexity index is 1200. The molecule has 0 bridgehead atoms. The maximum Gasteiger partial charge on any atom is 0.328 e. The number of halogens is 1. The molecule has 0 saturated heterocycles. The molecule has 0 radical (unpaired) electrons. The molecular weight excluding hydrogens is 381 g/mol. The third-order valence-corrected chi connectivity index (χ3v) is 5.17. The largest absolute Gasteiger partial charge is 0.467 e. The molecule has 0 saturated carbocycles. The molecule has 0 unspecified atom stereocenters. The standard InChI is InChI=1S/C25H20FNO3/c1-30-25(29)22(15-18-10-4-7-13-21(18)26)27-24(28)23-19-11-5-2-8-16(19)14-17-9-3-6-12-20(17)23/h2-14,22H,15H2,1H3,(H,27,28)/t22-/m0/s1. The van der Waals surface area contributed by atoms with Crippen LogP contribution in [0, 0.1) is 5.82 Å². The summed E-state index contributed by atoms with van der Waals surface area (Å²) in [6.07, 6.45) is -0.00617. The lowest BCUT2D eigenvalue weighted by Crippen LogP contribution is -2.43. The van der Waals surface area contributed by atoms with Crippen LogP contribution in [0.5, 0.6) is 0 Å². The smallest absolute Gasteiger partial charge is 0.328 e. The molecule has 0 heterocycles. The van der Waals surface area contributed by atoms with E-state index in [-0.39, 0.29) is 6.42 Å². The van der Waals surface area contributed by atoms with Gasteiger partial charge in [-0.25, -0.2) is 9.18 Å². The molecule has 1 N–H and O–H groups in total. The van der Waals surface area contributed by atoms with Crippen molar-refractivity contribution in [2.75, 3.05) is 7.11 Å². The summed E-state index contributed by atoms with van der Waals surface area (Å²) in [5.74, 6) is -1.47. The SMILES string of the molecule is COC(=O)[C@H](Cc1ccccc1F)NC(=O)c1c2ccccc2cc2ccccc12. The molecule has 150 valence electrons. The van der Waals surface area contributed by atoms with Crippen LogP contribution < -0.4 is 5.32 Å². The van der Waals surface area contributed by atoms with Crippen LogP contribution in [-0.4, -0.2) is 25.0 Å². The van der Waals surface area contributed by atoms with Gasteiger partial charge in [-0.1, -0.05) is 66.7 Å². The lowest BCUT2D eigenvalue weighted by molar-refractivity contribution is -0.142. The molecule has 0 spiro atoms. The lowest BCUT2D eigenvalue weighted by Gasteiger charge is -2.19. The average Bonchev–Trinajstić information content (AvgIpc) is 2.77. The second kappa shape index (κ2) is 8.33. The van der Waals surface area contributed by atoms with Gasteiger partial charge in [0.15, 0.2) is 0 Å². The molecule has 1 amide bonds. The van der Waals surface area contributed by atoms with Crippen molar-refractivity contribution in [1.82, 2.24) is 5.32 Å². The number of carbonyl (C=O) groups excluding carboxylic acids is 2. The van der Waals surface area contributed by atoms with Crippen molar-refractivity contribution in [3.8, 4) is 0 Å². The van der Waals surface area contributed by atoms with Gasteiger partial charge in [-0.3, -0.25) is 4.79 Å². The molecule has 0 aliphatic carbocycles. The minimum Gasteiger partial charge on any atom is -0.467 e. The number of hydrogen-bond acceptors (Lipinski definition) is 3. The van der Waals surface area contributed by atoms with Gasteiger partial charge in [-0.2, -0.15) is 0 Å². The van der Waals surface area contributed by atoms with E-state index in [2.05, 4.69) is 5.32 Å². The van der Waals surface area contributed by atoms with Crippen LogP contribution >= 0.6 is 0 Å². The summed E-state index contributed by atoms with van der Waals surface area (Å²) >= 11 is 0. The van der Waals surface area contributed by atoms with E-state index in [1.165, 1.54) is 13.2 Å². The fourth-order valence-corrected chi connectivity index (χ4v) is 3.71.